The minimum absolute atomic E-state index is 0.172. The van der Waals surface area contributed by atoms with Gasteiger partial charge in [-0.05, 0) is 18.4 Å². The van der Waals surface area contributed by atoms with Crippen molar-refractivity contribution in [2.24, 2.45) is 0 Å². The van der Waals surface area contributed by atoms with Crippen LogP contribution < -0.4 is 0 Å². The van der Waals surface area contributed by atoms with Crippen LogP contribution in [-0.4, -0.2) is 11.7 Å². The largest absolute Gasteiger partial charge is 0.395 e. The average Bonchev–Trinajstić information content (AvgIpc) is 2.25. The number of benzene rings is 1. The molecule has 1 heteroatoms. The van der Waals surface area contributed by atoms with E-state index >= 15 is 0 Å². The van der Waals surface area contributed by atoms with Gasteiger partial charge in [0.05, 0.1) is 6.61 Å². The molecule has 0 spiro atoms. The maximum atomic E-state index is 8.50. The van der Waals surface area contributed by atoms with Gasteiger partial charge in [-0.25, -0.2) is 0 Å². The zero-order chi connectivity index (χ0) is 10.1. The van der Waals surface area contributed by atoms with Crippen LogP contribution in [0.5, 0.6) is 0 Å². The first-order valence-electron chi connectivity index (χ1n) is 5.04. The summed E-state index contributed by atoms with van der Waals surface area (Å²) in [5.74, 6) is 5.97. The Morgan fingerprint density at radius 1 is 1.00 bits per heavy atom. The quantitative estimate of drug-likeness (QED) is 0.568. The Kier molecular flexibility index (Phi) is 5.54. The minimum Gasteiger partial charge on any atom is -0.395 e. The molecule has 1 aromatic rings. The number of aliphatic hydroxyl groups excluding tert-OH is 1. The van der Waals surface area contributed by atoms with E-state index in [9.17, 15) is 0 Å². The Bertz CT molecular complexity index is 292. The predicted octanol–water partition coefficient (Wildman–Crippen LogP) is 2.40. The molecule has 0 aromatic heterocycles. The van der Waals surface area contributed by atoms with E-state index in [0.29, 0.717) is 6.42 Å². The van der Waals surface area contributed by atoms with Crippen LogP contribution in [-0.2, 0) is 6.42 Å². The molecule has 0 aliphatic rings. The molecule has 0 saturated carbocycles. The Morgan fingerprint density at radius 2 is 1.71 bits per heavy atom. The fraction of sp³-hybridized carbons (Fsp3) is 0.385. The SMILES string of the molecule is OCCC#CCCCc1ccccc1. The Hall–Kier alpha value is -1.26. The number of hydrogen-bond acceptors (Lipinski definition) is 1. The van der Waals surface area contributed by atoms with Crippen LogP contribution in [0.25, 0.3) is 0 Å². The number of hydrogen-bond donors (Lipinski definition) is 1. The summed E-state index contributed by atoms with van der Waals surface area (Å²) in [7, 11) is 0. The van der Waals surface area contributed by atoms with Crippen LogP contribution >= 0.6 is 0 Å². The van der Waals surface area contributed by atoms with Crippen LogP contribution in [0, 0.1) is 11.8 Å². The molecule has 0 aliphatic carbocycles. The first-order valence-corrected chi connectivity index (χ1v) is 5.04. The van der Waals surface area contributed by atoms with Gasteiger partial charge in [-0.15, -0.1) is 11.8 Å². The lowest BCUT2D eigenvalue weighted by Gasteiger charge is -1.96. The maximum Gasteiger partial charge on any atom is 0.0540 e. The van der Waals surface area contributed by atoms with E-state index in [-0.39, 0.29) is 6.61 Å². The summed E-state index contributed by atoms with van der Waals surface area (Å²) < 4.78 is 0. The van der Waals surface area contributed by atoms with Crippen molar-refractivity contribution >= 4 is 0 Å². The molecule has 0 saturated heterocycles. The van der Waals surface area contributed by atoms with E-state index in [1.165, 1.54) is 5.56 Å². The summed E-state index contributed by atoms with van der Waals surface area (Å²) in [4.78, 5) is 0. The molecule has 0 unspecified atom stereocenters. The fourth-order valence-electron chi connectivity index (χ4n) is 1.26. The standard InChI is InChI=1S/C13H16O/c14-12-8-3-1-2-5-9-13-10-6-4-7-11-13/h4,6-7,10-11,14H,2,5,8-9,12H2. The molecular formula is C13H16O. The molecule has 0 radical (unpaired) electrons. The van der Waals surface area contributed by atoms with Crippen LogP contribution in [0.3, 0.4) is 0 Å². The van der Waals surface area contributed by atoms with E-state index in [1.54, 1.807) is 0 Å². The normalized spacial score (nSPS) is 9.21. The molecule has 0 atom stereocenters. The monoisotopic (exact) mass is 188 g/mol. The second-order valence-corrected chi connectivity index (χ2v) is 3.17. The summed E-state index contributed by atoms with van der Waals surface area (Å²) in [5, 5.41) is 8.50. The average molecular weight is 188 g/mol. The third kappa shape index (κ3) is 4.69. The van der Waals surface area contributed by atoms with Crippen molar-refractivity contribution in [3.8, 4) is 11.8 Å². The van der Waals surface area contributed by atoms with Gasteiger partial charge in [-0.1, -0.05) is 30.3 Å². The van der Waals surface area contributed by atoms with Crippen molar-refractivity contribution in [1.29, 1.82) is 0 Å². The topological polar surface area (TPSA) is 20.2 Å². The highest BCUT2D eigenvalue weighted by atomic mass is 16.2. The summed E-state index contributed by atoms with van der Waals surface area (Å²) in [6.45, 7) is 0.172. The van der Waals surface area contributed by atoms with Gasteiger partial charge >= 0.3 is 0 Å². The smallest absolute Gasteiger partial charge is 0.0540 e. The molecule has 0 bridgehead atoms. The maximum absolute atomic E-state index is 8.50. The third-order valence-corrected chi connectivity index (χ3v) is 1.97. The van der Waals surface area contributed by atoms with Crippen molar-refractivity contribution in [2.45, 2.75) is 25.7 Å². The number of rotatable bonds is 4. The highest BCUT2D eigenvalue weighted by Crippen LogP contribution is 2.03. The van der Waals surface area contributed by atoms with Crippen molar-refractivity contribution in [3.63, 3.8) is 0 Å². The second kappa shape index (κ2) is 7.17. The molecule has 1 nitrogen and oxygen atoms in total. The summed E-state index contributed by atoms with van der Waals surface area (Å²) in [5.41, 5.74) is 1.37. The lowest BCUT2D eigenvalue weighted by atomic mass is 10.1. The molecule has 0 heterocycles. The van der Waals surface area contributed by atoms with E-state index in [1.807, 2.05) is 6.07 Å². The summed E-state index contributed by atoms with van der Waals surface area (Å²) >= 11 is 0. The van der Waals surface area contributed by atoms with Gasteiger partial charge in [-0.2, -0.15) is 0 Å². The first-order chi connectivity index (χ1) is 6.93. The second-order valence-electron chi connectivity index (χ2n) is 3.17. The van der Waals surface area contributed by atoms with Gasteiger partial charge in [0.25, 0.3) is 0 Å². The zero-order valence-electron chi connectivity index (χ0n) is 8.37. The van der Waals surface area contributed by atoms with Crippen molar-refractivity contribution < 1.29 is 5.11 Å². The molecule has 1 aromatic carbocycles. The predicted molar refractivity (Wildman–Crippen MR) is 58.9 cm³/mol. The molecule has 0 aliphatic heterocycles. The van der Waals surface area contributed by atoms with E-state index in [4.69, 9.17) is 5.11 Å². The van der Waals surface area contributed by atoms with Gasteiger partial charge in [0.2, 0.25) is 0 Å². The van der Waals surface area contributed by atoms with Crippen molar-refractivity contribution in [1.82, 2.24) is 0 Å². The Labute approximate surface area is 85.8 Å². The summed E-state index contributed by atoms with van der Waals surface area (Å²) in [6.07, 6.45) is 3.72. The van der Waals surface area contributed by atoms with Crippen LogP contribution in [0.2, 0.25) is 0 Å². The number of aliphatic hydroxyl groups is 1. The summed E-state index contributed by atoms with van der Waals surface area (Å²) in [6, 6.07) is 10.4. The van der Waals surface area contributed by atoms with Crippen molar-refractivity contribution in [2.75, 3.05) is 6.61 Å². The van der Waals surface area contributed by atoms with Crippen LogP contribution in [0.15, 0.2) is 30.3 Å². The number of aryl methyl sites for hydroxylation is 1. The first kappa shape index (κ1) is 10.8. The Balaban J connectivity index is 2.14. The molecule has 0 amide bonds. The van der Waals surface area contributed by atoms with E-state index in [2.05, 4.69) is 36.1 Å². The molecular weight excluding hydrogens is 172 g/mol. The lowest BCUT2D eigenvalue weighted by Crippen LogP contribution is -1.83. The number of unbranched alkanes of at least 4 members (excludes halogenated alkanes) is 1. The van der Waals surface area contributed by atoms with Gasteiger partial charge in [-0.3, -0.25) is 0 Å². The zero-order valence-corrected chi connectivity index (χ0v) is 8.37. The highest BCUT2D eigenvalue weighted by Gasteiger charge is 1.89. The highest BCUT2D eigenvalue weighted by molar-refractivity contribution is 5.14. The Morgan fingerprint density at radius 3 is 2.43 bits per heavy atom. The van der Waals surface area contributed by atoms with E-state index < -0.39 is 0 Å². The molecule has 0 fully saturated rings. The van der Waals surface area contributed by atoms with Gasteiger partial charge in [0, 0.05) is 12.8 Å². The van der Waals surface area contributed by atoms with Gasteiger partial charge < -0.3 is 5.11 Å². The van der Waals surface area contributed by atoms with Gasteiger partial charge in [0.15, 0.2) is 0 Å². The van der Waals surface area contributed by atoms with Crippen LogP contribution in [0.4, 0.5) is 0 Å². The molecule has 1 N–H and O–H groups in total. The molecule has 74 valence electrons. The van der Waals surface area contributed by atoms with Crippen molar-refractivity contribution in [3.05, 3.63) is 35.9 Å². The lowest BCUT2D eigenvalue weighted by molar-refractivity contribution is 0.305. The fourth-order valence-corrected chi connectivity index (χ4v) is 1.26. The van der Waals surface area contributed by atoms with E-state index in [0.717, 1.165) is 19.3 Å². The molecule has 14 heavy (non-hydrogen) atoms. The molecule has 1 rings (SSSR count). The van der Waals surface area contributed by atoms with Gasteiger partial charge in [0.1, 0.15) is 0 Å². The van der Waals surface area contributed by atoms with Crippen LogP contribution in [0.1, 0.15) is 24.8 Å². The minimum atomic E-state index is 0.172. The third-order valence-electron chi connectivity index (χ3n) is 1.97.